The lowest BCUT2D eigenvalue weighted by Crippen LogP contribution is -2.05. The Kier molecular flexibility index (Phi) is 6.33. The molecule has 3 nitrogen and oxygen atoms in total. The van der Waals surface area contributed by atoms with Crippen LogP contribution in [-0.4, -0.2) is 17.6 Å². The minimum atomic E-state index is -0.137. The second kappa shape index (κ2) is 7.52. The van der Waals surface area contributed by atoms with Gasteiger partial charge in [-0.3, -0.25) is 4.79 Å². The molecule has 1 rings (SSSR count). The highest BCUT2D eigenvalue weighted by Gasteiger charge is 2.13. The Morgan fingerprint density at radius 2 is 2.17 bits per heavy atom. The first kappa shape index (κ1) is 15.2. The number of nitrogens with zero attached hydrogens (tertiary/aromatic N) is 1. The minimum absolute atomic E-state index is 0.137. The maximum Gasteiger partial charge on any atom is 0.306 e. The molecule has 0 saturated carbocycles. The average molecular weight is 269 g/mol. The van der Waals surface area contributed by atoms with E-state index in [2.05, 4.69) is 31.1 Å². The molecule has 0 spiro atoms. The van der Waals surface area contributed by atoms with Gasteiger partial charge in [-0.1, -0.05) is 20.8 Å². The second-order valence-electron chi connectivity index (χ2n) is 5.01. The van der Waals surface area contributed by atoms with Crippen molar-refractivity contribution in [2.75, 3.05) is 6.61 Å². The summed E-state index contributed by atoms with van der Waals surface area (Å²) in [5.74, 6) is 1.06. The van der Waals surface area contributed by atoms with Crippen molar-refractivity contribution in [3.63, 3.8) is 0 Å². The number of hydrogen-bond acceptors (Lipinski definition) is 4. The number of carbonyl (C=O) groups is 1. The molecule has 4 heteroatoms. The monoisotopic (exact) mass is 269 g/mol. The van der Waals surface area contributed by atoms with E-state index in [9.17, 15) is 4.79 Å². The van der Waals surface area contributed by atoms with Crippen LogP contribution in [-0.2, 0) is 16.0 Å². The Balaban J connectivity index is 2.45. The van der Waals surface area contributed by atoms with Crippen molar-refractivity contribution in [3.05, 3.63) is 16.1 Å². The van der Waals surface area contributed by atoms with E-state index in [1.165, 1.54) is 5.01 Å². The summed E-state index contributed by atoms with van der Waals surface area (Å²) in [6, 6.07) is 0. The Morgan fingerprint density at radius 3 is 2.78 bits per heavy atom. The molecule has 0 fully saturated rings. The van der Waals surface area contributed by atoms with Crippen molar-refractivity contribution in [1.82, 2.24) is 4.98 Å². The number of thiazole rings is 1. The zero-order chi connectivity index (χ0) is 13.5. The van der Waals surface area contributed by atoms with E-state index in [0.29, 0.717) is 31.3 Å². The molecule has 0 bridgehead atoms. The third-order valence-corrected chi connectivity index (χ3v) is 3.83. The molecule has 0 aliphatic rings. The predicted octanol–water partition coefficient (Wildman–Crippen LogP) is 3.79. The molecule has 102 valence electrons. The summed E-state index contributed by atoms with van der Waals surface area (Å²) in [7, 11) is 0. The maximum atomic E-state index is 11.3. The van der Waals surface area contributed by atoms with Crippen LogP contribution >= 0.6 is 11.3 Å². The van der Waals surface area contributed by atoms with Crippen molar-refractivity contribution in [1.29, 1.82) is 0 Å². The van der Waals surface area contributed by atoms with Crippen LogP contribution in [0.5, 0.6) is 0 Å². The van der Waals surface area contributed by atoms with Crippen LogP contribution in [0.4, 0.5) is 0 Å². The zero-order valence-electron chi connectivity index (χ0n) is 11.7. The SMILES string of the molecule is CCOC(=O)CCc1csc(C(C)CC(C)C)n1. The highest BCUT2D eigenvalue weighted by Crippen LogP contribution is 2.26. The average Bonchev–Trinajstić information content (AvgIpc) is 2.74. The molecule has 0 N–H and O–H groups in total. The standard InChI is InChI=1S/C14H23NO2S/c1-5-17-13(16)7-6-12-9-18-14(15-12)11(4)8-10(2)3/h9-11H,5-8H2,1-4H3. The molecule has 0 aliphatic heterocycles. The van der Waals surface area contributed by atoms with Crippen molar-refractivity contribution in [3.8, 4) is 0 Å². The number of ether oxygens (including phenoxy) is 1. The molecule has 1 heterocycles. The van der Waals surface area contributed by atoms with E-state index in [0.717, 1.165) is 12.1 Å². The lowest BCUT2D eigenvalue weighted by atomic mass is 10.00. The molecular weight excluding hydrogens is 246 g/mol. The van der Waals surface area contributed by atoms with Gasteiger partial charge < -0.3 is 4.74 Å². The lowest BCUT2D eigenvalue weighted by Gasteiger charge is -2.10. The molecule has 1 atom stereocenters. The van der Waals surface area contributed by atoms with Gasteiger partial charge in [-0.05, 0) is 19.3 Å². The summed E-state index contributed by atoms with van der Waals surface area (Å²) in [6.07, 6.45) is 2.27. The number of carbonyl (C=O) groups excluding carboxylic acids is 1. The molecule has 0 radical (unpaired) electrons. The van der Waals surface area contributed by atoms with E-state index in [1.807, 2.05) is 6.92 Å². The Morgan fingerprint density at radius 1 is 1.44 bits per heavy atom. The first-order chi connectivity index (χ1) is 8.52. The van der Waals surface area contributed by atoms with Crippen LogP contribution in [0.25, 0.3) is 0 Å². The van der Waals surface area contributed by atoms with Gasteiger partial charge in [0.25, 0.3) is 0 Å². The van der Waals surface area contributed by atoms with Crippen LogP contribution in [0.3, 0.4) is 0 Å². The quantitative estimate of drug-likeness (QED) is 0.707. The van der Waals surface area contributed by atoms with E-state index in [-0.39, 0.29) is 5.97 Å². The molecular formula is C14H23NO2S. The Bertz CT molecular complexity index is 374. The fourth-order valence-corrected chi connectivity index (χ4v) is 2.86. The van der Waals surface area contributed by atoms with Gasteiger partial charge in [0.2, 0.25) is 0 Å². The molecule has 0 saturated heterocycles. The fraction of sp³-hybridized carbons (Fsp3) is 0.714. The second-order valence-corrected chi connectivity index (χ2v) is 5.90. The normalized spacial score (nSPS) is 12.7. The molecule has 0 aliphatic carbocycles. The topological polar surface area (TPSA) is 39.2 Å². The predicted molar refractivity (Wildman–Crippen MR) is 74.9 cm³/mol. The third kappa shape index (κ3) is 5.17. The van der Waals surface area contributed by atoms with Crippen molar-refractivity contribution >= 4 is 17.3 Å². The van der Waals surface area contributed by atoms with Gasteiger partial charge in [-0.2, -0.15) is 0 Å². The molecule has 1 aromatic rings. The highest BCUT2D eigenvalue weighted by atomic mass is 32.1. The molecule has 0 aromatic carbocycles. The number of rotatable bonds is 7. The van der Waals surface area contributed by atoms with Gasteiger partial charge in [0, 0.05) is 17.7 Å². The summed E-state index contributed by atoms with van der Waals surface area (Å²) in [5.41, 5.74) is 1.01. The minimum Gasteiger partial charge on any atom is -0.466 e. The number of esters is 1. The van der Waals surface area contributed by atoms with Crippen LogP contribution < -0.4 is 0 Å². The molecule has 1 aromatic heterocycles. The van der Waals surface area contributed by atoms with Crippen LogP contribution in [0.15, 0.2) is 5.38 Å². The molecule has 18 heavy (non-hydrogen) atoms. The molecule has 1 unspecified atom stereocenters. The van der Waals surface area contributed by atoms with Gasteiger partial charge >= 0.3 is 5.97 Å². The van der Waals surface area contributed by atoms with E-state index < -0.39 is 0 Å². The molecule has 0 amide bonds. The number of aromatic nitrogens is 1. The lowest BCUT2D eigenvalue weighted by molar-refractivity contribution is -0.143. The number of hydrogen-bond donors (Lipinski definition) is 0. The third-order valence-electron chi connectivity index (χ3n) is 2.71. The highest BCUT2D eigenvalue weighted by molar-refractivity contribution is 7.09. The summed E-state index contributed by atoms with van der Waals surface area (Å²) >= 11 is 1.70. The first-order valence-electron chi connectivity index (χ1n) is 6.62. The van der Waals surface area contributed by atoms with Gasteiger partial charge in [-0.15, -0.1) is 11.3 Å². The van der Waals surface area contributed by atoms with E-state index in [1.54, 1.807) is 11.3 Å². The summed E-state index contributed by atoms with van der Waals surface area (Å²) in [5, 5.41) is 3.24. The van der Waals surface area contributed by atoms with Crippen molar-refractivity contribution in [2.24, 2.45) is 5.92 Å². The largest absolute Gasteiger partial charge is 0.466 e. The summed E-state index contributed by atoms with van der Waals surface area (Å²) in [4.78, 5) is 15.9. The fourth-order valence-electron chi connectivity index (χ4n) is 1.94. The summed E-state index contributed by atoms with van der Waals surface area (Å²) in [6.45, 7) is 8.95. The Labute approximate surface area is 114 Å². The number of aryl methyl sites for hydroxylation is 1. The van der Waals surface area contributed by atoms with Gasteiger partial charge in [0.1, 0.15) is 0 Å². The van der Waals surface area contributed by atoms with Gasteiger partial charge in [0.15, 0.2) is 0 Å². The zero-order valence-corrected chi connectivity index (χ0v) is 12.5. The maximum absolute atomic E-state index is 11.3. The first-order valence-corrected chi connectivity index (χ1v) is 7.50. The van der Waals surface area contributed by atoms with Gasteiger partial charge in [-0.25, -0.2) is 4.98 Å². The van der Waals surface area contributed by atoms with Crippen LogP contribution in [0.2, 0.25) is 0 Å². The van der Waals surface area contributed by atoms with Crippen molar-refractivity contribution in [2.45, 2.75) is 52.9 Å². The smallest absolute Gasteiger partial charge is 0.306 e. The van der Waals surface area contributed by atoms with Crippen molar-refractivity contribution < 1.29 is 9.53 Å². The van der Waals surface area contributed by atoms with Crippen LogP contribution in [0, 0.1) is 5.92 Å². The van der Waals surface area contributed by atoms with E-state index in [4.69, 9.17) is 4.74 Å². The summed E-state index contributed by atoms with van der Waals surface area (Å²) < 4.78 is 4.91. The van der Waals surface area contributed by atoms with Crippen LogP contribution in [0.1, 0.15) is 57.2 Å². The van der Waals surface area contributed by atoms with E-state index >= 15 is 0 Å². The Hall–Kier alpha value is -0.900. The van der Waals surface area contributed by atoms with Gasteiger partial charge in [0.05, 0.1) is 23.7 Å².